The Labute approximate surface area is 154 Å². The number of rotatable bonds is 6. The van der Waals surface area contributed by atoms with Crippen molar-refractivity contribution in [3.05, 3.63) is 47.5 Å². The summed E-state index contributed by atoms with van der Waals surface area (Å²) in [6.45, 7) is 3.28. The summed E-state index contributed by atoms with van der Waals surface area (Å²) in [5, 5.41) is 9.97. The van der Waals surface area contributed by atoms with Crippen molar-refractivity contribution < 1.29 is 24.2 Å². The fourth-order valence-corrected chi connectivity index (χ4v) is 3.13. The summed E-state index contributed by atoms with van der Waals surface area (Å²) in [5.74, 6) is -1.29. The van der Waals surface area contributed by atoms with Gasteiger partial charge >= 0.3 is 5.97 Å². The molecule has 0 unspecified atom stereocenters. The summed E-state index contributed by atoms with van der Waals surface area (Å²) in [7, 11) is 0. The van der Waals surface area contributed by atoms with E-state index < -0.39 is 18.2 Å². The van der Waals surface area contributed by atoms with Gasteiger partial charge in [-0.2, -0.15) is 0 Å². The number of hydrogen-bond acceptors (Lipinski definition) is 5. The molecule has 0 saturated heterocycles. The van der Waals surface area contributed by atoms with Crippen molar-refractivity contribution >= 4 is 17.5 Å². The Hall–Kier alpha value is -2.27. The van der Waals surface area contributed by atoms with Gasteiger partial charge in [0.15, 0.2) is 11.9 Å². The lowest BCUT2D eigenvalue weighted by molar-refractivity contribution is -0.160. The Morgan fingerprint density at radius 1 is 1.23 bits per heavy atom. The van der Waals surface area contributed by atoms with Gasteiger partial charge in [0.2, 0.25) is 0 Å². The highest BCUT2D eigenvalue weighted by Gasteiger charge is 2.31. The molecule has 1 aromatic carbocycles. The minimum atomic E-state index is -1.07. The molecule has 0 amide bonds. The topological polar surface area (TPSA) is 80.7 Å². The van der Waals surface area contributed by atoms with Crippen LogP contribution >= 0.6 is 0 Å². The number of ketones is 2. The molecule has 0 bridgehead atoms. The van der Waals surface area contributed by atoms with Crippen LogP contribution in [0.1, 0.15) is 56.8 Å². The molecule has 140 valence electrons. The molecule has 5 nitrogen and oxygen atoms in total. The molecule has 0 aliphatic carbocycles. The number of allylic oxidation sites excluding steroid dienone is 2. The Kier molecular flexibility index (Phi) is 7.27. The molecule has 0 radical (unpaired) electrons. The minimum absolute atomic E-state index is 0.0889. The molecule has 0 saturated carbocycles. The standard InChI is InChI=1S/C21H26O5/c1-3-15-8-4-5-9-16-10-6-7-11-18(16)20(26-21(15)25)19(24)13-17(23)12-14(2)22/h4-7,10-11,15,17,20,23H,3,8-9,12-13H2,1-2H3/b5-4-/t15-,17+,20-/m1/s1. The van der Waals surface area contributed by atoms with E-state index in [1.54, 1.807) is 12.1 Å². The lowest BCUT2D eigenvalue weighted by Crippen LogP contribution is -2.28. The Balaban J connectivity index is 2.33. The number of hydrogen-bond donors (Lipinski definition) is 1. The van der Waals surface area contributed by atoms with E-state index in [1.807, 2.05) is 31.2 Å². The van der Waals surface area contributed by atoms with E-state index in [9.17, 15) is 19.5 Å². The summed E-state index contributed by atoms with van der Waals surface area (Å²) in [6, 6.07) is 7.35. The van der Waals surface area contributed by atoms with Crippen molar-refractivity contribution in [3.8, 4) is 0 Å². The number of aliphatic hydroxyl groups excluding tert-OH is 1. The second kappa shape index (κ2) is 9.43. The molecule has 1 N–H and O–H groups in total. The first-order valence-corrected chi connectivity index (χ1v) is 9.05. The van der Waals surface area contributed by atoms with Gasteiger partial charge in [0, 0.05) is 18.4 Å². The van der Waals surface area contributed by atoms with Crippen LogP contribution in [0.3, 0.4) is 0 Å². The van der Waals surface area contributed by atoms with E-state index >= 15 is 0 Å². The summed E-state index contributed by atoms with van der Waals surface area (Å²) in [4.78, 5) is 36.5. The molecule has 1 heterocycles. The first-order chi connectivity index (χ1) is 12.4. The quantitative estimate of drug-likeness (QED) is 0.624. The first kappa shape index (κ1) is 20.0. The fourth-order valence-electron chi connectivity index (χ4n) is 3.13. The van der Waals surface area contributed by atoms with Gasteiger partial charge in [-0.05, 0) is 31.7 Å². The predicted molar refractivity (Wildman–Crippen MR) is 97.4 cm³/mol. The highest BCUT2D eigenvalue weighted by atomic mass is 16.5. The van der Waals surface area contributed by atoms with Crippen molar-refractivity contribution in [1.29, 1.82) is 0 Å². The normalized spacial score (nSPS) is 22.7. The van der Waals surface area contributed by atoms with Crippen LogP contribution in [0.5, 0.6) is 0 Å². The van der Waals surface area contributed by atoms with Crippen molar-refractivity contribution in [2.45, 2.75) is 58.2 Å². The molecule has 0 spiro atoms. The van der Waals surface area contributed by atoms with Crippen LogP contribution in [0.4, 0.5) is 0 Å². The van der Waals surface area contributed by atoms with E-state index in [2.05, 4.69) is 0 Å². The monoisotopic (exact) mass is 358 g/mol. The summed E-state index contributed by atoms with van der Waals surface area (Å²) in [6.07, 6.45) is 3.39. The zero-order valence-corrected chi connectivity index (χ0v) is 15.3. The Morgan fingerprint density at radius 2 is 1.96 bits per heavy atom. The van der Waals surface area contributed by atoms with Crippen molar-refractivity contribution in [1.82, 2.24) is 0 Å². The zero-order valence-electron chi connectivity index (χ0n) is 15.3. The predicted octanol–water partition coefficient (Wildman–Crippen LogP) is 3.10. The number of carbonyl (C=O) groups excluding carboxylic acids is 3. The van der Waals surface area contributed by atoms with E-state index in [1.165, 1.54) is 6.92 Å². The zero-order chi connectivity index (χ0) is 19.1. The number of ether oxygens (including phenoxy) is 1. The number of aliphatic hydroxyl groups is 1. The Morgan fingerprint density at radius 3 is 2.65 bits per heavy atom. The minimum Gasteiger partial charge on any atom is -0.449 e. The van der Waals surface area contributed by atoms with Gasteiger partial charge in [-0.1, -0.05) is 43.3 Å². The van der Waals surface area contributed by atoms with Gasteiger partial charge in [-0.25, -0.2) is 0 Å². The number of fused-ring (bicyclic) bond motifs is 1. The van der Waals surface area contributed by atoms with Crippen LogP contribution in [0.25, 0.3) is 0 Å². The van der Waals surface area contributed by atoms with E-state index in [4.69, 9.17) is 4.74 Å². The van der Waals surface area contributed by atoms with E-state index in [0.717, 1.165) is 5.56 Å². The van der Waals surface area contributed by atoms with Gasteiger partial charge in [0.05, 0.1) is 12.0 Å². The molecule has 3 atom stereocenters. The van der Waals surface area contributed by atoms with Crippen molar-refractivity contribution in [3.63, 3.8) is 0 Å². The molecular weight excluding hydrogens is 332 g/mol. The van der Waals surface area contributed by atoms with Gasteiger partial charge < -0.3 is 9.84 Å². The molecule has 1 aliphatic heterocycles. The maximum Gasteiger partial charge on any atom is 0.310 e. The van der Waals surface area contributed by atoms with Gasteiger partial charge in [-0.15, -0.1) is 0 Å². The third-order valence-electron chi connectivity index (χ3n) is 4.58. The third-order valence-corrected chi connectivity index (χ3v) is 4.58. The number of esters is 1. The summed E-state index contributed by atoms with van der Waals surface area (Å²) in [5.41, 5.74) is 1.55. The number of benzene rings is 1. The molecule has 1 aliphatic rings. The second-order valence-corrected chi connectivity index (χ2v) is 6.76. The smallest absolute Gasteiger partial charge is 0.310 e. The SMILES string of the molecule is CC[C@@H]1C/C=C\Cc2ccccc2[C@H](C(=O)C[C@@H](O)CC(C)=O)OC1=O. The molecular formula is C21H26O5. The van der Waals surface area contributed by atoms with E-state index in [-0.39, 0.29) is 30.3 Å². The lowest BCUT2D eigenvalue weighted by atomic mass is 9.92. The average Bonchev–Trinajstić information content (AvgIpc) is 2.59. The number of carbonyl (C=O) groups is 3. The summed E-state index contributed by atoms with van der Waals surface area (Å²) >= 11 is 0. The van der Waals surface area contributed by atoms with Crippen LogP contribution in [-0.2, 0) is 25.5 Å². The fraction of sp³-hybridized carbons (Fsp3) is 0.476. The molecule has 26 heavy (non-hydrogen) atoms. The summed E-state index contributed by atoms with van der Waals surface area (Å²) < 4.78 is 5.61. The van der Waals surface area contributed by atoms with Gasteiger partial charge in [0.25, 0.3) is 0 Å². The Bertz CT molecular complexity index is 691. The molecule has 2 rings (SSSR count). The second-order valence-electron chi connectivity index (χ2n) is 6.76. The third kappa shape index (κ3) is 5.36. The molecule has 0 fully saturated rings. The average molecular weight is 358 g/mol. The van der Waals surface area contributed by atoms with Crippen molar-refractivity contribution in [2.24, 2.45) is 5.92 Å². The van der Waals surface area contributed by atoms with Crippen LogP contribution in [-0.4, -0.2) is 28.7 Å². The maximum atomic E-state index is 12.8. The van der Waals surface area contributed by atoms with Crippen LogP contribution in [0, 0.1) is 5.92 Å². The molecule has 0 aromatic heterocycles. The van der Waals surface area contributed by atoms with E-state index in [0.29, 0.717) is 24.8 Å². The van der Waals surface area contributed by atoms with Crippen LogP contribution in [0.2, 0.25) is 0 Å². The number of Topliss-reactive ketones (excluding diaryl/α,β-unsaturated/α-hetero) is 2. The molecule has 5 heteroatoms. The highest BCUT2D eigenvalue weighted by molar-refractivity contribution is 5.88. The number of cyclic esters (lactones) is 1. The van der Waals surface area contributed by atoms with Crippen molar-refractivity contribution in [2.75, 3.05) is 0 Å². The van der Waals surface area contributed by atoms with Gasteiger partial charge in [-0.3, -0.25) is 14.4 Å². The highest BCUT2D eigenvalue weighted by Crippen LogP contribution is 2.28. The lowest BCUT2D eigenvalue weighted by Gasteiger charge is -2.24. The largest absolute Gasteiger partial charge is 0.449 e. The maximum absolute atomic E-state index is 12.8. The first-order valence-electron chi connectivity index (χ1n) is 9.05. The molecule has 1 aromatic rings. The van der Waals surface area contributed by atoms with Crippen LogP contribution < -0.4 is 0 Å². The van der Waals surface area contributed by atoms with Crippen LogP contribution in [0.15, 0.2) is 36.4 Å². The van der Waals surface area contributed by atoms with Gasteiger partial charge in [0.1, 0.15) is 5.78 Å².